The predicted molar refractivity (Wildman–Crippen MR) is 83.1 cm³/mol. The lowest BCUT2D eigenvalue weighted by atomic mass is 10.1. The number of anilines is 1. The van der Waals surface area contributed by atoms with Gasteiger partial charge in [-0.05, 0) is 56.4 Å². The van der Waals surface area contributed by atoms with Crippen molar-refractivity contribution in [2.45, 2.75) is 38.3 Å². The lowest BCUT2D eigenvalue weighted by Crippen LogP contribution is -2.36. The topological polar surface area (TPSA) is 18.5 Å². The number of hydrogen-bond acceptors (Lipinski definition) is 3. The van der Waals surface area contributed by atoms with E-state index in [1.807, 2.05) is 0 Å². The van der Waals surface area contributed by atoms with Gasteiger partial charge < -0.3 is 5.32 Å². The number of benzene rings is 1. The van der Waals surface area contributed by atoms with E-state index < -0.39 is 0 Å². The molecule has 0 spiro atoms. The summed E-state index contributed by atoms with van der Waals surface area (Å²) in [7, 11) is 0. The molecule has 20 heavy (non-hydrogen) atoms. The minimum absolute atomic E-state index is 0.821. The summed E-state index contributed by atoms with van der Waals surface area (Å²) in [5.41, 5.74) is 4.45. The fourth-order valence-corrected chi connectivity index (χ4v) is 4.21. The van der Waals surface area contributed by atoms with Crippen LogP contribution in [0.4, 0.5) is 5.69 Å². The van der Waals surface area contributed by atoms with E-state index in [1.54, 1.807) is 0 Å². The van der Waals surface area contributed by atoms with Crippen molar-refractivity contribution in [1.29, 1.82) is 0 Å². The normalized spacial score (nSPS) is 26.9. The van der Waals surface area contributed by atoms with Gasteiger partial charge in [0, 0.05) is 31.4 Å². The molecule has 0 amide bonds. The Balaban J connectivity index is 1.50. The Bertz CT molecular complexity index is 485. The Morgan fingerprint density at radius 2 is 2.10 bits per heavy atom. The first kappa shape index (κ1) is 12.7. The van der Waals surface area contributed by atoms with E-state index in [-0.39, 0.29) is 0 Å². The highest BCUT2D eigenvalue weighted by Crippen LogP contribution is 2.29. The van der Waals surface area contributed by atoms with Gasteiger partial charge in [0.15, 0.2) is 0 Å². The van der Waals surface area contributed by atoms with Crippen LogP contribution in [0.25, 0.3) is 0 Å². The highest BCUT2D eigenvalue weighted by molar-refractivity contribution is 5.61. The van der Waals surface area contributed by atoms with Crippen LogP contribution in [-0.4, -0.2) is 48.6 Å². The summed E-state index contributed by atoms with van der Waals surface area (Å²) < 4.78 is 0. The quantitative estimate of drug-likeness (QED) is 0.890. The summed E-state index contributed by atoms with van der Waals surface area (Å²) in [5, 5.41) is 3.58. The molecule has 1 N–H and O–H groups in total. The summed E-state index contributed by atoms with van der Waals surface area (Å²) >= 11 is 0. The molecule has 2 saturated heterocycles. The zero-order valence-corrected chi connectivity index (χ0v) is 12.3. The molecule has 1 aromatic rings. The SMILES string of the molecule is c1cc2c(c(CN3CCCN4CCCC4C3)c1)NCC2. The predicted octanol–water partition coefficient (Wildman–Crippen LogP) is 2.32. The van der Waals surface area contributed by atoms with Gasteiger partial charge in [0.05, 0.1) is 0 Å². The highest BCUT2D eigenvalue weighted by Gasteiger charge is 2.29. The van der Waals surface area contributed by atoms with Crippen LogP contribution in [0.3, 0.4) is 0 Å². The molecule has 3 heteroatoms. The summed E-state index contributed by atoms with van der Waals surface area (Å²) in [6.07, 6.45) is 5.33. The molecule has 0 radical (unpaired) electrons. The van der Waals surface area contributed by atoms with Crippen LogP contribution in [0.2, 0.25) is 0 Å². The van der Waals surface area contributed by atoms with E-state index in [1.165, 1.54) is 68.7 Å². The van der Waals surface area contributed by atoms with Crippen LogP contribution in [0, 0.1) is 0 Å². The van der Waals surface area contributed by atoms with Crippen LogP contribution in [-0.2, 0) is 13.0 Å². The first-order chi connectivity index (χ1) is 9.90. The third-order valence-electron chi connectivity index (χ3n) is 5.21. The number of nitrogens with one attached hydrogen (secondary N) is 1. The number of fused-ring (bicyclic) bond motifs is 2. The third kappa shape index (κ3) is 2.33. The number of rotatable bonds is 2. The first-order valence-corrected chi connectivity index (χ1v) is 8.21. The van der Waals surface area contributed by atoms with E-state index in [9.17, 15) is 0 Å². The van der Waals surface area contributed by atoms with Gasteiger partial charge in [-0.15, -0.1) is 0 Å². The smallest absolute Gasteiger partial charge is 0.0419 e. The molecule has 3 nitrogen and oxygen atoms in total. The molecule has 0 saturated carbocycles. The molecule has 1 aromatic carbocycles. The summed E-state index contributed by atoms with van der Waals surface area (Å²) in [4.78, 5) is 5.40. The van der Waals surface area contributed by atoms with E-state index in [4.69, 9.17) is 0 Å². The van der Waals surface area contributed by atoms with Crippen LogP contribution in [0.5, 0.6) is 0 Å². The van der Waals surface area contributed by atoms with E-state index in [2.05, 4.69) is 33.3 Å². The van der Waals surface area contributed by atoms with E-state index in [0.717, 1.165) is 19.1 Å². The molecule has 4 rings (SSSR count). The average Bonchev–Trinajstić information content (AvgIpc) is 3.06. The molecule has 3 aliphatic heterocycles. The fraction of sp³-hybridized carbons (Fsp3) is 0.647. The highest BCUT2D eigenvalue weighted by atomic mass is 15.3. The van der Waals surface area contributed by atoms with Gasteiger partial charge in [-0.1, -0.05) is 18.2 Å². The maximum Gasteiger partial charge on any atom is 0.0419 e. The number of hydrogen-bond donors (Lipinski definition) is 1. The van der Waals surface area contributed by atoms with Gasteiger partial charge in [0.2, 0.25) is 0 Å². The Kier molecular flexibility index (Phi) is 3.41. The molecule has 1 atom stereocenters. The zero-order chi connectivity index (χ0) is 13.4. The van der Waals surface area contributed by atoms with Gasteiger partial charge in [0.1, 0.15) is 0 Å². The largest absolute Gasteiger partial charge is 0.384 e. The Morgan fingerprint density at radius 3 is 3.10 bits per heavy atom. The summed E-state index contributed by atoms with van der Waals surface area (Å²) in [6, 6.07) is 7.65. The fourth-order valence-electron chi connectivity index (χ4n) is 4.21. The second-order valence-corrected chi connectivity index (χ2v) is 6.55. The number of nitrogens with zero attached hydrogens (tertiary/aromatic N) is 2. The van der Waals surface area contributed by atoms with E-state index in [0.29, 0.717) is 0 Å². The van der Waals surface area contributed by atoms with Gasteiger partial charge in [-0.25, -0.2) is 0 Å². The average molecular weight is 271 g/mol. The molecular weight excluding hydrogens is 246 g/mol. The number of para-hydroxylation sites is 1. The van der Waals surface area contributed by atoms with Crippen molar-refractivity contribution >= 4 is 5.69 Å². The van der Waals surface area contributed by atoms with Crippen molar-refractivity contribution in [3.05, 3.63) is 29.3 Å². The van der Waals surface area contributed by atoms with Crippen molar-refractivity contribution in [2.75, 3.05) is 38.0 Å². The van der Waals surface area contributed by atoms with Crippen LogP contribution in [0.15, 0.2) is 18.2 Å². The standard InChI is InChI=1S/C17H25N3/c1-4-14-7-8-18-17(14)15(5-1)12-19-9-3-11-20-10-2-6-16(20)13-19/h1,4-5,16,18H,2-3,6-13H2. The van der Waals surface area contributed by atoms with Crippen LogP contribution >= 0.6 is 0 Å². The molecular formula is C17H25N3. The molecule has 2 fully saturated rings. The minimum Gasteiger partial charge on any atom is -0.384 e. The molecule has 3 aliphatic rings. The molecule has 108 valence electrons. The van der Waals surface area contributed by atoms with Crippen molar-refractivity contribution < 1.29 is 0 Å². The van der Waals surface area contributed by atoms with E-state index >= 15 is 0 Å². The Morgan fingerprint density at radius 1 is 1.15 bits per heavy atom. The summed E-state index contributed by atoms with van der Waals surface area (Å²) in [6.45, 7) is 7.41. The van der Waals surface area contributed by atoms with Crippen LogP contribution in [0.1, 0.15) is 30.4 Å². The maximum atomic E-state index is 3.58. The van der Waals surface area contributed by atoms with Gasteiger partial charge in [-0.3, -0.25) is 9.80 Å². The van der Waals surface area contributed by atoms with Crippen LogP contribution < -0.4 is 5.32 Å². The van der Waals surface area contributed by atoms with Gasteiger partial charge in [0.25, 0.3) is 0 Å². The second kappa shape index (κ2) is 5.38. The van der Waals surface area contributed by atoms with Crippen molar-refractivity contribution in [1.82, 2.24) is 9.80 Å². The first-order valence-electron chi connectivity index (χ1n) is 8.21. The molecule has 3 heterocycles. The summed E-state index contributed by atoms with van der Waals surface area (Å²) in [5.74, 6) is 0. The molecule has 0 bridgehead atoms. The van der Waals surface area contributed by atoms with Crippen molar-refractivity contribution in [3.8, 4) is 0 Å². The van der Waals surface area contributed by atoms with Gasteiger partial charge in [-0.2, -0.15) is 0 Å². The second-order valence-electron chi connectivity index (χ2n) is 6.55. The lowest BCUT2D eigenvalue weighted by Gasteiger charge is -2.26. The molecule has 0 aromatic heterocycles. The van der Waals surface area contributed by atoms with Gasteiger partial charge >= 0.3 is 0 Å². The molecule has 0 aliphatic carbocycles. The third-order valence-corrected chi connectivity index (χ3v) is 5.21. The monoisotopic (exact) mass is 271 g/mol. The minimum atomic E-state index is 0.821. The molecule has 1 unspecified atom stereocenters. The van der Waals surface area contributed by atoms with Crippen molar-refractivity contribution in [2.24, 2.45) is 0 Å². The Hall–Kier alpha value is -1.06. The zero-order valence-electron chi connectivity index (χ0n) is 12.3. The Labute approximate surface area is 121 Å². The maximum absolute atomic E-state index is 3.58. The lowest BCUT2D eigenvalue weighted by molar-refractivity contribution is 0.215. The van der Waals surface area contributed by atoms with Crippen molar-refractivity contribution in [3.63, 3.8) is 0 Å².